The number of ether oxygens (including phenoxy) is 3. The standard InChI is InChI=1S/C49H56N8O8S/c1-32-26-40(14-15-41(32)47(61)56(31-58)43-17-18-44(59)54-46(43)60)51-19-22-64-24-23-63-20-7-6-8-21-65-45-33(2)25-39(28-36(45)29-50)49(3,4)38-12-9-34(10-13-38)35-11-16-42-37(27-35)30-52-48(53-42)55-57(5,62)66/h9-16,25-28,30-31,43,62,66H,6-8,17-24H2,1-5H3,(H2-,51,52,53,54,55,59,60,61)/p+1. The Morgan fingerprint density at radius 2 is 1.68 bits per heavy atom. The fourth-order valence-corrected chi connectivity index (χ4v) is 7.81. The molecule has 6 rings (SSSR count). The van der Waals surface area contributed by atoms with Crippen LogP contribution >= 0.6 is 12.8 Å². The number of aryl methyl sites for hydroxylation is 2. The number of unbranched alkanes of at least 4 members (excludes halogenated alkanes) is 2. The average molecular weight is 918 g/mol. The number of nitrogens with zero attached hydrogens (tertiary/aromatic N) is 5. The summed E-state index contributed by atoms with van der Waals surface area (Å²) in [5.41, 5.74) is 10.4. The van der Waals surface area contributed by atoms with Crippen LogP contribution in [0.15, 0.2) is 79.0 Å². The van der Waals surface area contributed by atoms with E-state index in [-0.39, 0.29) is 24.2 Å². The van der Waals surface area contributed by atoms with Crippen LogP contribution in [0.5, 0.6) is 5.75 Å². The molecule has 0 radical (unpaired) electrons. The van der Waals surface area contributed by atoms with Crippen molar-refractivity contribution in [2.24, 2.45) is 0 Å². The summed E-state index contributed by atoms with van der Waals surface area (Å²) in [6, 6.07) is 24.9. The number of rotatable bonds is 22. The summed E-state index contributed by atoms with van der Waals surface area (Å²) in [7, 11) is 1.44. The van der Waals surface area contributed by atoms with E-state index >= 15 is 0 Å². The smallest absolute Gasteiger partial charge is 0.273 e. The largest absolute Gasteiger partial charge is 0.492 e. The number of quaternary nitrogens is 1. The highest BCUT2D eigenvalue weighted by atomic mass is 32.1. The number of carbonyl (C=O) groups is 4. The number of nitrogens with one attached hydrogen (secondary N) is 3. The fourth-order valence-electron chi connectivity index (χ4n) is 7.72. The number of fused-ring (bicyclic) bond motifs is 1. The van der Waals surface area contributed by atoms with Gasteiger partial charge in [0.1, 0.15) is 37.7 Å². The van der Waals surface area contributed by atoms with Gasteiger partial charge in [0, 0.05) is 47.8 Å². The van der Waals surface area contributed by atoms with Crippen LogP contribution in [0.4, 0.5) is 11.6 Å². The molecule has 1 aliphatic rings. The molecule has 4 amide bonds. The van der Waals surface area contributed by atoms with Crippen LogP contribution in [0.2, 0.25) is 0 Å². The SMILES string of the molecule is Cc1cc(NCCOCCOCCCCCOc2c(C)cc(C(C)(C)c3ccc(-c4ccc5nc(N[N+](C)(O)S)ncc5c4)cc3)cc2C#N)ccc1C(=O)N(C=O)C1CCC(=O)NC1=O. The first-order valence-corrected chi connectivity index (χ1v) is 22.3. The molecule has 4 N–H and O–H groups in total. The highest BCUT2D eigenvalue weighted by Gasteiger charge is 2.35. The summed E-state index contributed by atoms with van der Waals surface area (Å²) in [6.07, 6.45) is 4.79. The number of piperidine rings is 1. The molecule has 0 spiro atoms. The Morgan fingerprint density at radius 1 is 0.955 bits per heavy atom. The quantitative estimate of drug-likeness (QED) is 0.0116. The number of thiol groups is 1. The summed E-state index contributed by atoms with van der Waals surface area (Å²) in [4.78, 5) is 58.2. The minimum atomic E-state index is -1.02. The topological polar surface area (TPSA) is 205 Å². The zero-order valence-electron chi connectivity index (χ0n) is 37.9. The number of anilines is 2. The number of hydrogen-bond acceptors (Lipinski definition) is 14. The van der Waals surface area contributed by atoms with E-state index in [1.54, 1.807) is 31.3 Å². The molecule has 16 nitrogen and oxygen atoms in total. The normalized spacial score (nSPS) is 14.8. The molecule has 66 heavy (non-hydrogen) atoms. The van der Waals surface area contributed by atoms with Crippen molar-refractivity contribution in [2.45, 2.75) is 71.3 Å². The van der Waals surface area contributed by atoms with Crippen molar-refractivity contribution in [3.05, 3.63) is 112 Å². The van der Waals surface area contributed by atoms with Crippen molar-refractivity contribution in [1.29, 1.82) is 5.26 Å². The van der Waals surface area contributed by atoms with Crippen LogP contribution < -0.4 is 20.8 Å². The first kappa shape index (κ1) is 49.0. The maximum Gasteiger partial charge on any atom is 0.273 e. The third kappa shape index (κ3) is 12.7. The third-order valence-electron chi connectivity index (χ3n) is 11.4. The molecular weight excluding hydrogens is 861 g/mol. The zero-order valence-corrected chi connectivity index (χ0v) is 38.8. The van der Waals surface area contributed by atoms with E-state index in [2.05, 4.69) is 89.1 Å². The lowest BCUT2D eigenvalue weighted by atomic mass is 9.76. The second-order valence-electron chi connectivity index (χ2n) is 16.9. The van der Waals surface area contributed by atoms with Crippen molar-refractivity contribution >= 4 is 59.5 Å². The lowest BCUT2D eigenvalue weighted by Crippen LogP contribution is -2.53. The van der Waals surface area contributed by atoms with Crippen molar-refractivity contribution in [1.82, 2.24) is 20.2 Å². The highest BCUT2D eigenvalue weighted by Crippen LogP contribution is 2.37. The molecule has 0 bridgehead atoms. The van der Waals surface area contributed by atoms with Crippen LogP contribution in [0.1, 0.15) is 84.1 Å². The molecule has 2 unspecified atom stereocenters. The van der Waals surface area contributed by atoms with Gasteiger partial charge in [-0.3, -0.25) is 29.4 Å². The number of benzene rings is 4. The van der Waals surface area contributed by atoms with Crippen molar-refractivity contribution < 1.29 is 42.8 Å². The predicted octanol–water partition coefficient (Wildman–Crippen LogP) is 7.22. The molecule has 4 aromatic carbocycles. The lowest BCUT2D eigenvalue weighted by Gasteiger charge is -2.28. The van der Waals surface area contributed by atoms with Gasteiger partial charge >= 0.3 is 0 Å². The fraction of sp³-hybridized carbons (Fsp3) is 0.367. The van der Waals surface area contributed by atoms with Crippen molar-refractivity contribution in [2.75, 3.05) is 57.4 Å². The number of hydroxylamine groups is 1. The highest BCUT2D eigenvalue weighted by molar-refractivity contribution is 7.74. The van der Waals surface area contributed by atoms with Gasteiger partial charge in [0.05, 0.1) is 37.5 Å². The van der Waals surface area contributed by atoms with Crippen LogP contribution in [0.3, 0.4) is 0 Å². The molecule has 2 heterocycles. The van der Waals surface area contributed by atoms with Crippen LogP contribution in [0, 0.1) is 25.2 Å². The van der Waals surface area contributed by atoms with Crippen LogP contribution in [-0.2, 0) is 29.3 Å². The molecule has 17 heteroatoms. The molecule has 0 aliphatic carbocycles. The second kappa shape index (κ2) is 22.2. The predicted molar refractivity (Wildman–Crippen MR) is 253 cm³/mol. The average Bonchev–Trinajstić information content (AvgIpc) is 3.28. The van der Waals surface area contributed by atoms with Crippen LogP contribution in [-0.4, -0.2) is 101 Å². The maximum atomic E-state index is 13.1. The third-order valence-corrected chi connectivity index (χ3v) is 11.5. The molecular formula is C49H57N8O8S+. The van der Waals surface area contributed by atoms with Gasteiger partial charge in [0.25, 0.3) is 11.9 Å². The number of amides is 4. The first-order valence-electron chi connectivity index (χ1n) is 21.9. The van der Waals surface area contributed by atoms with E-state index in [4.69, 9.17) is 14.2 Å². The van der Waals surface area contributed by atoms with Gasteiger partial charge in [-0.2, -0.15) is 15.9 Å². The van der Waals surface area contributed by atoms with E-state index in [0.717, 1.165) is 68.6 Å². The Labute approximate surface area is 390 Å². The Bertz CT molecular complexity index is 2590. The van der Waals surface area contributed by atoms with Crippen molar-refractivity contribution in [3.63, 3.8) is 0 Å². The number of carbonyl (C=O) groups excluding carboxylic acids is 4. The van der Waals surface area contributed by atoms with Crippen molar-refractivity contribution in [3.8, 4) is 22.9 Å². The minimum absolute atomic E-state index is 0.0583. The first-order chi connectivity index (χ1) is 31.6. The number of aromatic nitrogens is 2. The van der Waals surface area contributed by atoms with Gasteiger partial charge in [-0.1, -0.05) is 50.2 Å². The van der Waals surface area contributed by atoms with Gasteiger partial charge < -0.3 is 19.5 Å². The summed E-state index contributed by atoms with van der Waals surface area (Å²) in [5.74, 6) is -0.803. The van der Waals surface area contributed by atoms with E-state index in [9.17, 15) is 29.6 Å². The summed E-state index contributed by atoms with van der Waals surface area (Å²) in [5, 5.41) is 26.3. The van der Waals surface area contributed by atoms with Gasteiger partial charge in [0.2, 0.25) is 18.2 Å². The molecule has 346 valence electrons. The van der Waals surface area contributed by atoms with Gasteiger partial charge in [0.15, 0.2) is 0 Å². The molecule has 1 saturated heterocycles. The molecule has 1 aliphatic heterocycles. The monoisotopic (exact) mass is 917 g/mol. The van der Waals surface area contributed by atoms with E-state index in [0.29, 0.717) is 68.4 Å². The number of imide groups is 2. The van der Waals surface area contributed by atoms with E-state index in [1.165, 1.54) is 7.05 Å². The molecule has 1 fully saturated rings. The maximum absolute atomic E-state index is 13.1. The van der Waals surface area contributed by atoms with Gasteiger partial charge in [-0.25, -0.2) is 9.97 Å². The molecule has 5 aromatic rings. The van der Waals surface area contributed by atoms with E-state index < -0.39 is 27.9 Å². The lowest BCUT2D eigenvalue weighted by molar-refractivity contribution is -0.955. The van der Waals surface area contributed by atoms with E-state index in [1.807, 2.05) is 31.2 Å². The summed E-state index contributed by atoms with van der Waals surface area (Å²) >= 11 is 4.01. The minimum Gasteiger partial charge on any atom is -0.492 e. The Hall–Kier alpha value is -6.42. The Kier molecular flexibility index (Phi) is 16.5. The number of nitriles is 1. The Balaban J connectivity index is 0.872. The molecule has 2 atom stereocenters. The zero-order chi connectivity index (χ0) is 47.4. The summed E-state index contributed by atoms with van der Waals surface area (Å²) in [6.45, 7) is 11.0. The molecule has 1 aromatic heterocycles. The van der Waals surface area contributed by atoms with Gasteiger partial charge in [-0.05, 0) is 113 Å². The van der Waals surface area contributed by atoms with Crippen LogP contribution in [0.25, 0.3) is 22.0 Å². The summed E-state index contributed by atoms with van der Waals surface area (Å²) < 4.78 is 16.8. The second-order valence-corrected chi connectivity index (χ2v) is 17.6. The Morgan fingerprint density at radius 3 is 2.38 bits per heavy atom. The molecule has 0 saturated carbocycles. The van der Waals surface area contributed by atoms with Gasteiger partial charge in [-0.15, -0.1) is 0 Å². The number of hydrogen-bond donors (Lipinski definition) is 5.